The van der Waals surface area contributed by atoms with Crippen molar-refractivity contribution in [1.82, 2.24) is 5.32 Å². The predicted molar refractivity (Wildman–Crippen MR) is 93.2 cm³/mol. The molecule has 0 unspecified atom stereocenters. The number of carbonyl (C=O) groups excluding carboxylic acids is 2. The van der Waals surface area contributed by atoms with Crippen LogP contribution in [0.15, 0.2) is 42.5 Å². The highest BCUT2D eigenvalue weighted by Gasteiger charge is 2.17. The van der Waals surface area contributed by atoms with Crippen molar-refractivity contribution in [2.45, 2.75) is 6.92 Å². The highest BCUT2D eigenvalue weighted by atomic mass is 35.5. The minimum absolute atomic E-state index is 0.0485. The third-order valence-electron chi connectivity index (χ3n) is 3.34. The normalized spacial score (nSPS) is 10.3. The molecule has 0 aliphatic carbocycles. The molecule has 0 radical (unpaired) electrons. The summed E-state index contributed by atoms with van der Waals surface area (Å²) in [5.41, 5.74) is 0.407. The molecular formula is C17H15Cl2FN2O2. The highest BCUT2D eigenvalue weighted by molar-refractivity contribution is 6.44. The van der Waals surface area contributed by atoms with Crippen LogP contribution in [0.4, 0.5) is 10.1 Å². The lowest BCUT2D eigenvalue weighted by molar-refractivity contribution is -0.116. The Morgan fingerprint density at radius 2 is 1.83 bits per heavy atom. The maximum atomic E-state index is 13.6. The molecule has 24 heavy (non-hydrogen) atoms. The van der Waals surface area contributed by atoms with Crippen LogP contribution in [-0.2, 0) is 4.79 Å². The van der Waals surface area contributed by atoms with Crippen molar-refractivity contribution in [3.63, 3.8) is 0 Å². The Morgan fingerprint density at radius 1 is 1.12 bits per heavy atom. The van der Waals surface area contributed by atoms with Crippen molar-refractivity contribution in [1.29, 1.82) is 0 Å². The monoisotopic (exact) mass is 368 g/mol. The van der Waals surface area contributed by atoms with Gasteiger partial charge in [0.2, 0.25) is 5.91 Å². The average Bonchev–Trinajstić information content (AvgIpc) is 2.54. The SMILES string of the molecule is CC(=O)N(CCNC(=O)c1ccccc1F)c1cccc(Cl)c1Cl. The lowest BCUT2D eigenvalue weighted by Crippen LogP contribution is -2.38. The summed E-state index contributed by atoms with van der Waals surface area (Å²) < 4.78 is 13.6. The second kappa shape index (κ2) is 8.13. The van der Waals surface area contributed by atoms with E-state index in [0.717, 1.165) is 0 Å². The fourth-order valence-corrected chi connectivity index (χ4v) is 2.57. The molecule has 0 saturated carbocycles. The molecule has 2 aromatic carbocycles. The van der Waals surface area contributed by atoms with Crippen LogP contribution in [0.25, 0.3) is 0 Å². The molecule has 2 aromatic rings. The molecule has 1 N–H and O–H groups in total. The molecule has 0 aliphatic heterocycles. The average molecular weight is 369 g/mol. The molecule has 4 nitrogen and oxygen atoms in total. The van der Waals surface area contributed by atoms with Gasteiger partial charge in [0, 0.05) is 20.0 Å². The summed E-state index contributed by atoms with van der Waals surface area (Å²) in [6, 6.07) is 10.6. The van der Waals surface area contributed by atoms with E-state index in [0.29, 0.717) is 10.7 Å². The molecular weight excluding hydrogens is 354 g/mol. The number of amides is 2. The summed E-state index contributed by atoms with van der Waals surface area (Å²) in [5.74, 6) is -1.40. The van der Waals surface area contributed by atoms with E-state index >= 15 is 0 Å². The summed E-state index contributed by atoms with van der Waals surface area (Å²) in [7, 11) is 0. The first-order valence-corrected chi connectivity index (χ1v) is 7.92. The summed E-state index contributed by atoms with van der Waals surface area (Å²) in [6.45, 7) is 1.70. The first kappa shape index (κ1) is 18.2. The van der Waals surface area contributed by atoms with E-state index in [-0.39, 0.29) is 29.6 Å². The van der Waals surface area contributed by atoms with E-state index < -0.39 is 11.7 Å². The van der Waals surface area contributed by atoms with Crippen LogP contribution in [0.1, 0.15) is 17.3 Å². The number of anilines is 1. The summed E-state index contributed by atoms with van der Waals surface area (Å²) in [4.78, 5) is 25.2. The maximum absolute atomic E-state index is 13.6. The van der Waals surface area contributed by atoms with Crippen molar-refractivity contribution in [3.05, 3.63) is 63.9 Å². The number of halogens is 3. The van der Waals surface area contributed by atoms with Crippen LogP contribution >= 0.6 is 23.2 Å². The molecule has 0 heterocycles. The molecule has 0 saturated heterocycles. The van der Waals surface area contributed by atoms with E-state index in [1.807, 2.05) is 0 Å². The first-order chi connectivity index (χ1) is 11.4. The number of carbonyl (C=O) groups is 2. The van der Waals surface area contributed by atoms with E-state index in [2.05, 4.69) is 5.32 Å². The fourth-order valence-electron chi connectivity index (χ4n) is 2.17. The van der Waals surface area contributed by atoms with Crippen molar-refractivity contribution in [2.75, 3.05) is 18.0 Å². The van der Waals surface area contributed by atoms with Gasteiger partial charge in [0.05, 0.1) is 21.3 Å². The molecule has 2 amide bonds. The van der Waals surface area contributed by atoms with Gasteiger partial charge in [0.15, 0.2) is 0 Å². The van der Waals surface area contributed by atoms with Crippen molar-refractivity contribution >= 4 is 40.7 Å². The minimum Gasteiger partial charge on any atom is -0.350 e. The van der Waals surface area contributed by atoms with Gasteiger partial charge in [-0.3, -0.25) is 9.59 Å². The Kier molecular flexibility index (Phi) is 6.17. The second-order valence-electron chi connectivity index (χ2n) is 4.98. The third kappa shape index (κ3) is 4.24. The van der Waals surface area contributed by atoms with Gasteiger partial charge in [0.25, 0.3) is 5.91 Å². The van der Waals surface area contributed by atoms with E-state index in [1.165, 1.54) is 30.0 Å². The van der Waals surface area contributed by atoms with Crippen LogP contribution in [0.2, 0.25) is 10.0 Å². The smallest absolute Gasteiger partial charge is 0.254 e. The molecule has 2 rings (SSSR count). The van der Waals surface area contributed by atoms with Crippen LogP contribution in [-0.4, -0.2) is 24.9 Å². The number of nitrogens with one attached hydrogen (secondary N) is 1. The minimum atomic E-state index is -0.601. The van der Waals surface area contributed by atoms with E-state index in [1.54, 1.807) is 24.3 Å². The molecule has 7 heteroatoms. The molecule has 126 valence electrons. The van der Waals surface area contributed by atoms with Gasteiger partial charge >= 0.3 is 0 Å². The maximum Gasteiger partial charge on any atom is 0.254 e. The van der Waals surface area contributed by atoms with Crippen molar-refractivity contribution in [3.8, 4) is 0 Å². The molecule has 0 bridgehead atoms. The zero-order valence-electron chi connectivity index (χ0n) is 12.9. The van der Waals surface area contributed by atoms with Crippen molar-refractivity contribution in [2.24, 2.45) is 0 Å². The third-order valence-corrected chi connectivity index (χ3v) is 4.15. The Labute approximate surface area is 149 Å². The lowest BCUT2D eigenvalue weighted by Gasteiger charge is -2.23. The van der Waals surface area contributed by atoms with Gasteiger partial charge in [0.1, 0.15) is 5.82 Å². The molecule has 0 aromatic heterocycles. The Hall–Kier alpha value is -2.11. The zero-order valence-corrected chi connectivity index (χ0v) is 14.4. The topological polar surface area (TPSA) is 49.4 Å². The summed E-state index contributed by atoms with van der Waals surface area (Å²) >= 11 is 12.1. The molecule has 0 fully saturated rings. The lowest BCUT2D eigenvalue weighted by atomic mass is 10.2. The van der Waals surface area contributed by atoms with Gasteiger partial charge in [-0.25, -0.2) is 4.39 Å². The molecule has 0 atom stereocenters. The Bertz CT molecular complexity index is 768. The van der Waals surface area contributed by atoms with Gasteiger partial charge in [-0.2, -0.15) is 0 Å². The fraction of sp³-hybridized carbons (Fsp3) is 0.176. The van der Waals surface area contributed by atoms with Crippen LogP contribution in [0, 0.1) is 5.82 Å². The molecule has 0 spiro atoms. The largest absolute Gasteiger partial charge is 0.350 e. The van der Waals surface area contributed by atoms with Crippen LogP contribution < -0.4 is 10.2 Å². The summed E-state index contributed by atoms with van der Waals surface area (Å²) in [5, 5.41) is 3.17. The van der Waals surface area contributed by atoms with Gasteiger partial charge in [-0.05, 0) is 24.3 Å². The van der Waals surface area contributed by atoms with E-state index in [4.69, 9.17) is 23.2 Å². The van der Waals surface area contributed by atoms with E-state index in [9.17, 15) is 14.0 Å². The van der Waals surface area contributed by atoms with Crippen molar-refractivity contribution < 1.29 is 14.0 Å². The van der Waals surface area contributed by atoms with Crippen LogP contribution in [0.3, 0.4) is 0 Å². The number of hydrogen-bond donors (Lipinski definition) is 1. The predicted octanol–water partition coefficient (Wildman–Crippen LogP) is 3.92. The Balaban J connectivity index is 2.05. The zero-order chi connectivity index (χ0) is 17.7. The summed E-state index contributed by atoms with van der Waals surface area (Å²) in [6.07, 6.45) is 0. The second-order valence-corrected chi connectivity index (χ2v) is 5.76. The number of rotatable bonds is 5. The number of hydrogen-bond acceptors (Lipinski definition) is 2. The van der Waals surface area contributed by atoms with Crippen LogP contribution in [0.5, 0.6) is 0 Å². The first-order valence-electron chi connectivity index (χ1n) is 7.16. The Morgan fingerprint density at radius 3 is 2.50 bits per heavy atom. The quantitative estimate of drug-likeness (QED) is 0.869. The van der Waals surface area contributed by atoms with Gasteiger partial charge in [-0.15, -0.1) is 0 Å². The van der Waals surface area contributed by atoms with Gasteiger partial charge < -0.3 is 10.2 Å². The standard InChI is InChI=1S/C17H15Cl2FN2O2/c1-11(23)22(15-8-4-6-13(18)16(15)19)10-9-21-17(24)12-5-2-3-7-14(12)20/h2-8H,9-10H2,1H3,(H,21,24). The highest BCUT2D eigenvalue weighted by Crippen LogP contribution is 2.32. The molecule has 0 aliphatic rings. The number of benzene rings is 2. The van der Waals surface area contributed by atoms with Gasteiger partial charge in [-0.1, -0.05) is 41.4 Å². The number of nitrogens with zero attached hydrogens (tertiary/aromatic N) is 1.